The summed E-state index contributed by atoms with van der Waals surface area (Å²) in [5.41, 5.74) is 27.0. The number of carboxylic acids is 1. The lowest BCUT2D eigenvalue weighted by Crippen LogP contribution is -2.57. The molecule has 194 valence electrons. The van der Waals surface area contributed by atoms with Crippen molar-refractivity contribution in [3.05, 3.63) is 0 Å². The fourth-order valence-electron chi connectivity index (χ4n) is 2.54. The van der Waals surface area contributed by atoms with E-state index >= 15 is 0 Å². The quantitative estimate of drug-likeness (QED) is 0.0419. The SMILES string of the molecule is CC(NC(=O)C(CS)NC(=O)C(CCCN=C(N)N)NC(=O)C(N)CCCN=C(N)N)C(=O)O. The van der Waals surface area contributed by atoms with Crippen molar-refractivity contribution < 1.29 is 24.3 Å². The molecule has 15 nitrogen and oxygen atoms in total. The van der Waals surface area contributed by atoms with Gasteiger partial charge in [0.05, 0.1) is 6.04 Å². The molecule has 0 aliphatic heterocycles. The first kappa shape index (κ1) is 30.7. The number of guanidine groups is 2. The van der Waals surface area contributed by atoms with Crippen molar-refractivity contribution >= 4 is 48.2 Å². The molecule has 0 aromatic rings. The summed E-state index contributed by atoms with van der Waals surface area (Å²) in [5, 5.41) is 16.2. The highest BCUT2D eigenvalue weighted by molar-refractivity contribution is 7.80. The number of nitrogens with two attached hydrogens (primary N) is 5. The van der Waals surface area contributed by atoms with E-state index in [2.05, 4.69) is 38.6 Å². The minimum absolute atomic E-state index is 0.0731. The van der Waals surface area contributed by atoms with Gasteiger partial charge in [-0.05, 0) is 32.6 Å². The van der Waals surface area contributed by atoms with Crippen LogP contribution in [0.4, 0.5) is 0 Å². The number of rotatable bonds is 16. The molecule has 34 heavy (non-hydrogen) atoms. The Morgan fingerprint density at radius 3 is 1.76 bits per heavy atom. The van der Waals surface area contributed by atoms with E-state index in [-0.39, 0.29) is 37.1 Å². The number of hydrogen-bond donors (Lipinski definition) is 10. The Morgan fingerprint density at radius 1 is 0.824 bits per heavy atom. The van der Waals surface area contributed by atoms with E-state index in [9.17, 15) is 19.2 Å². The van der Waals surface area contributed by atoms with E-state index in [0.29, 0.717) is 19.4 Å². The lowest BCUT2D eigenvalue weighted by Gasteiger charge is -2.24. The highest BCUT2D eigenvalue weighted by Crippen LogP contribution is 2.03. The fourth-order valence-corrected chi connectivity index (χ4v) is 2.80. The normalized spacial score (nSPS) is 14.0. The van der Waals surface area contributed by atoms with Crippen LogP contribution < -0.4 is 44.6 Å². The molecule has 0 saturated carbocycles. The maximum atomic E-state index is 12.8. The van der Waals surface area contributed by atoms with Crippen LogP contribution in [0.15, 0.2) is 9.98 Å². The molecule has 0 aromatic heterocycles. The Hall–Kier alpha value is -3.27. The number of aliphatic imine (C=N–C) groups is 2. The second kappa shape index (κ2) is 16.4. The van der Waals surface area contributed by atoms with Crippen molar-refractivity contribution in [2.24, 2.45) is 38.7 Å². The van der Waals surface area contributed by atoms with Crippen LogP contribution in [0, 0.1) is 0 Å². The Morgan fingerprint density at radius 2 is 1.29 bits per heavy atom. The van der Waals surface area contributed by atoms with E-state index in [0.717, 1.165) is 0 Å². The van der Waals surface area contributed by atoms with Gasteiger partial charge in [-0.25, -0.2) is 0 Å². The van der Waals surface area contributed by atoms with Gasteiger partial charge in [-0.2, -0.15) is 12.6 Å². The third-order valence-corrected chi connectivity index (χ3v) is 4.79. The molecular formula is C18H36N10O5S. The second-order valence-corrected chi connectivity index (χ2v) is 7.74. The number of hydrogen-bond acceptors (Lipinski definition) is 8. The number of nitrogens with zero attached hydrogens (tertiary/aromatic N) is 2. The summed E-state index contributed by atoms with van der Waals surface area (Å²) in [6, 6.07) is -4.29. The predicted octanol–water partition coefficient (Wildman–Crippen LogP) is -4.09. The Labute approximate surface area is 203 Å². The zero-order chi connectivity index (χ0) is 26.3. The van der Waals surface area contributed by atoms with Crippen LogP contribution in [0.2, 0.25) is 0 Å². The molecule has 4 unspecified atom stereocenters. The Kier molecular flexibility index (Phi) is 14.8. The summed E-state index contributed by atoms with van der Waals surface area (Å²) in [4.78, 5) is 56.2. The molecule has 0 saturated heterocycles. The summed E-state index contributed by atoms with van der Waals surface area (Å²) in [6.45, 7) is 1.78. The molecule has 0 aliphatic rings. The summed E-state index contributed by atoms with van der Waals surface area (Å²) in [5.74, 6) is -3.54. The van der Waals surface area contributed by atoms with Crippen molar-refractivity contribution in [3.63, 3.8) is 0 Å². The zero-order valence-electron chi connectivity index (χ0n) is 19.1. The third-order valence-electron chi connectivity index (χ3n) is 4.43. The van der Waals surface area contributed by atoms with Crippen LogP contribution in [0.3, 0.4) is 0 Å². The molecule has 0 heterocycles. The van der Waals surface area contributed by atoms with Crippen LogP contribution in [-0.2, 0) is 19.2 Å². The van der Waals surface area contributed by atoms with E-state index in [1.165, 1.54) is 6.92 Å². The molecule has 14 N–H and O–H groups in total. The van der Waals surface area contributed by atoms with E-state index < -0.39 is 47.9 Å². The van der Waals surface area contributed by atoms with Gasteiger partial charge in [-0.3, -0.25) is 29.2 Å². The van der Waals surface area contributed by atoms with Gasteiger partial charge in [0.25, 0.3) is 0 Å². The van der Waals surface area contributed by atoms with Crippen molar-refractivity contribution in [1.29, 1.82) is 0 Å². The monoisotopic (exact) mass is 504 g/mol. The molecule has 0 bridgehead atoms. The number of carboxylic acid groups (broad SMARTS) is 1. The van der Waals surface area contributed by atoms with Crippen molar-refractivity contribution in [1.82, 2.24) is 16.0 Å². The molecule has 16 heteroatoms. The van der Waals surface area contributed by atoms with Crippen LogP contribution in [0.1, 0.15) is 32.6 Å². The topological polar surface area (TPSA) is 279 Å². The largest absolute Gasteiger partial charge is 0.480 e. The molecule has 0 fully saturated rings. The minimum atomic E-state index is -1.24. The summed E-state index contributed by atoms with van der Waals surface area (Å²) in [7, 11) is 0. The van der Waals surface area contributed by atoms with Gasteiger partial charge in [-0.15, -0.1) is 0 Å². The highest BCUT2D eigenvalue weighted by atomic mass is 32.1. The maximum Gasteiger partial charge on any atom is 0.325 e. The number of nitrogens with one attached hydrogen (secondary N) is 3. The average Bonchev–Trinajstić information content (AvgIpc) is 2.75. The van der Waals surface area contributed by atoms with Crippen LogP contribution >= 0.6 is 12.6 Å². The van der Waals surface area contributed by atoms with Gasteiger partial charge in [0.2, 0.25) is 17.7 Å². The number of thiol groups is 1. The summed E-state index contributed by atoms with van der Waals surface area (Å²) < 4.78 is 0. The van der Waals surface area contributed by atoms with Gasteiger partial charge in [0, 0.05) is 18.8 Å². The smallest absolute Gasteiger partial charge is 0.325 e. The van der Waals surface area contributed by atoms with Gasteiger partial charge >= 0.3 is 5.97 Å². The first-order valence-corrected chi connectivity index (χ1v) is 11.1. The number of carbonyl (C=O) groups is 4. The Bertz CT molecular complexity index is 755. The van der Waals surface area contributed by atoms with Crippen LogP contribution in [0.25, 0.3) is 0 Å². The summed E-state index contributed by atoms with van der Waals surface area (Å²) in [6.07, 6.45) is 1.18. The zero-order valence-corrected chi connectivity index (χ0v) is 20.0. The van der Waals surface area contributed by atoms with Crippen molar-refractivity contribution in [2.75, 3.05) is 18.8 Å². The molecule has 0 aromatic carbocycles. The van der Waals surface area contributed by atoms with Crippen molar-refractivity contribution in [3.8, 4) is 0 Å². The lowest BCUT2D eigenvalue weighted by molar-refractivity contribution is -0.141. The highest BCUT2D eigenvalue weighted by Gasteiger charge is 2.28. The van der Waals surface area contributed by atoms with Crippen molar-refractivity contribution in [2.45, 2.75) is 56.8 Å². The molecule has 0 rings (SSSR count). The second-order valence-electron chi connectivity index (χ2n) is 7.38. The van der Waals surface area contributed by atoms with Gasteiger partial charge in [-0.1, -0.05) is 0 Å². The molecule has 0 aliphatic carbocycles. The van der Waals surface area contributed by atoms with Crippen LogP contribution in [0.5, 0.6) is 0 Å². The fraction of sp³-hybridized carbons (Fsp3) is 0.667. The summed E-state index contributed by atoms with van der Waals surface area (Å²) >= 11 is 4.04. The third kappa shape index (κ3) is 13.3. The first-order chi connectivity index (χ1) is 15.9. The molecule has 4 atom stereocenters. The number of carbonyl (C=O) groups excluding carboxylic acids is 3. The van der Waals surface area contributed by atoms with E-state index in [1.807, 2.05) is 0 Å². The van der Waals surface area contributed by atoms with E-state index in [1.54, 1.807) is 0 Å². The molecular weight excluding hydrogens is 468 g/mol. The average molecular weight is 505 g/mol. The standard InChI is InChI=1S/C18H36N10O5S/c1-9(16(32)33)26-15(31)12(8-34)28-14(30)11(5-3-7-25-18(22)23)27-13(29)10(19)4-2-6-24-17(20)21/h9-12,34H,2-8,19H2,1H3,(H,26,31)(H,27,29)(H,28,30)(H,32,33)(H4,20,21,24)(H4,22,23,25). The van der Waals surface area contributed by atoms with Crippen LogP contribution in [-0.4, -0.2) is 83.7 Å². The molecule has 0 spiro atoms. The van der Waals surface area contributed by atoms with Gasteiger partial charge in [0.1, 0.15) is 18.1 Å². The maximum absolute atomic E-state index is 12.8. The van der Waals surface area contributed by atoms with E-state index in [4.69, 9.17) is 33.8 Å². The Balaban J connectivity index is 5.19. The minimum Gasteiger partial charge on any atom is -0.480 e. The van der Waals surface area contributed by atoms with Gasteiger partial charge in [0.15, 0.2) is 11.9 Å². The number of amides is 3. The molecule has 3 amide bonds. The predicted molar refractivity (Wildman–Crippen MR) is 131 cm³/mol. The first-order valence-electron chi connectivity index (χ1n) is 10.5. The number of aliphatic carboxylic acids is 1. The van der Waals surface area contributed by atoms with Gasteiger partial charge < -0.3 is 49.7 Å². The lowest BCUT2D eigenvalue weighted by atomic mass is 10.1. The molecule has 0 radical (unpaired) electrons.